The predicted octanol–water partition coefficient (Wildman–Crippen LogP) is 2.73. The second kappa shape index (κ2) is 9.78. The lowest BCUT2D eigenvalue weighted by Crippen LogP contribution is -2.49. The third-order valence-electron chi connectivity index (χ3n) is 5.01. The van der Waals surface area contributed by atoms with Gasteiger partial charge in [-0.1, -0.05) is 18.2 Å². The number of Topliss-reactive ketones (excluding diaryl/α,β-unsaturated/α-hetero) is 1. The van der Waals surface area contributed by atoms with Crippen LogP contribution < -0.4 is 4.90 Å². The zero-order valence-corrected chi connectivity index (χ0v) is 16.2. The normalized spacial score (nSPS) is 16.2. The van der Waals surface area contributed by atoms with E-state index in [1.807, 2.05) is 24.3 Å². The van der Waals surface area contributed by atoms with E-state index in [2.05, 4.69) is 9.80 Å². The van der Waals surface area contributed by atoms with Crippen molar-refractivity contribution in [3.8, 4) is 0 Å². The number of benzene rings is 2. The van der Waals surface area contributed by atoms with E-state index in [4.69, 9.17) is 4.74 Å². The molecule has 1 aliphatic heterocycles. The van der Waals surface area contributed by atoms with E-state index < -0.39 is 6.10 Å². The predicted molar refractivity (Wildman–Crippen MR) is 107 cm³/mol. The number of aliphatic hydroxyl groups excluding tert-OH is 1. The first-order valence-electron chi connectivity index (χ1n) is 9.60. The molecule has 2 aromatic rings. The maximum atomic E-state index is 13.6. The summed E-state index contributed by atoms with van der Waals surface area (Å²) in [4.78, 5) is 15.9. The maximum Gasteiger partial charge on any atom is 0.159 e. The number of piperazine rings is 1. The summed E-state index contributed by atoms with van der Waals surface area (Å²) >= 11 is 0. The van der Waals surface area contributed by atoms with Gasteiger partial charge >= 0.3 is 0 Å². The summed E-state index contributed by atoms with van der Waals surface area (Å²) in [6, 6.07) is 14.2. The minimum atomic E-state index is -0.604. The zero-order valence-electron chi connectivity index (χ0n) is 16.2. The van der Waals surface area contributed by atoms with Crippen molar-refractivity contribution in [1.82, 2.24) is 4.90 Å². The molecule has 3 rings (SSSR count). The molecule has 1 aliphatic rings. The molecule has 1 atom stereocenters. The lowest BCUT2D eigenvalue weighted by Gasteiger charge is -2.36. The van der Waals surface area contributed by atoms with Crippen LogP contribution >= 0.6 is 0 Å². The second-order valence-corrected chi connectivity index (χ2v) is 7.15. The van der Waals surface area contributed by atoms with Crippen molar-refractivity contribution < 1.29 is 19.0 Å². The number of carbonyl (C=O) groups excluding carboxylic acids is 1. The van der Waals surface area contributed by atoms with Gasteiger partial charge in [0.1, 0.15) is 5.82 Å². The first-order valence-corrected chi connectivity index (χ1v) is 9.60. The fourth-order valence-electron chi connectivity index (χ4n) is 3.37. The van der Waals surface area contributed by atoms with Gasteiger partial charge in [0.15, 0.2) is 5.78 Å². The largest absolute Gasteiger partial charge is 0.389 e. The zero-order chi connectivity index (χ0) is 19.9. The van der Waals surface area contributed by atoms with Crippen LogP contribution in [0.1, 0.15) is 22.8 Å². The van der Waals surface area contributed by atoms with Crippen LogP contribution in [0.4, 0.5) is 10.1 Å². The van der Waals surface area contributed by atoms with Gasteiger partial charge in [0.2, 0.25) is 0 Å². The topological polar surface area (TPSA) is 53.0 Å². The Balaban J connectivity index is 1.39. The van der Waals surface area contributed by atoms with Crippen LogP contribution in [0.2, 0.25) is 0 Å². The Morgan fingerprint density at radius 1 is 1.11 bits per heavy atom. The number of hydrogen-bond acceptors (Lipinski definition) is 5. The molecule has 1 fully saturated rings. The Labute approximate surface area is 165 Å². The standard InChI is InChI=1S/C22H27FN2O3/c1-17(26)18-6-8-20(9-7-18)25-12-10-24(11-13-25)14-21(27)16-28-15-19-4-2-3-5-22(19)23/h2-9,21,27H,10-16H2,1H3. The molecular formula is C22H27FN2O3. The van der Waals surface area contributed by atoms with Gasteiger partial charge in [0.05, 0.1) is 19.3 Å². The second-order valence-electron chi connectivity index (χ2n) is 7.15. The van der Waals surface area contributed by atoms with Gasteiger partial charge in [-0.3, -0.25) is 9.69 Å². The quantitative estimate of drug-likeness (QED) is 0.707. The first kappa shape index (κ1) is 20.5. The SMILES string of the molecule is CC(=O)c1ccc(N2CCN(CC(O)COCc3ccccc3F)CC2)cc1. The summed E-state index contributed by atoms with van der Waals surface area (Å²) in [6.45, 7) is 5.87. The van der Waals surface area contributed by atoms with Crippen LogP contribution in [0.15, 0.2) is 48.5 Å². The average molecular weight is 386 g/mol. The highest BCUT2D eigenvalue weighted by Crippen LogP contribution is 2.18. The van der Waals surface area contributed by atoms with Crippen LogP contribution in [0.25, 0.3) is 0 Å². The van der Waals surface area contributed by atoms with Gasteiger partial charge in [-0.15, -0.1) is 0 Å². The van der Waals surface area contributed by atoms with Crippen LogP contribution in [0.3, 0.4) is 0 Å². The van der Waals surface area contributed by atoms with Crippen molar-refractivity contribution >= 4 is 11.5 Å². The van der Waals surface area contributed by atoms with Crippen molar-refractivity contribution in [2.24, 2.45) is 0 Å². The van der Waals surface area contributed by atoms with Gasteiger partial charge in [-0.25, -0.2) is 4.39 Å². The van der Waals surface area contributed by atoms with Crippen LogP contribution in [0.5, 0.6) is 0 Å². The highest BCUT2D eigenvalue weighted by Gasteiger charge is 2.19. The number of halogens is 1. The molecule has 0 amide bonds. The minimum Gasteiger partial charge on any atom is -0.389 e. The summed E-state index contributed by atoms with van der Waals surface area (Å²) in [5, 5.41) is 10.2. The Morgan fingerprint density at radius 2 is 1.79 bits per heavy atom. The van der Waals surface area contributed by atoms with Gasteiger partial charge in [-0.05, 0) is 37.3 Å². The van der Waals surface area contributed by atoms with E-state index >= 15 is 0 Å². The number of ether oxygens (including phenoxy) is 1. The molecule has 0 spiro atoms. The number of hydrogen-bond donors (Lipinski definition) is 1. The molecule has 28 heavy (non-hydrogen) atoms. The summed E-state index contributed by atoms with van der Waals surface area (Å²) < 4.78 is 19.0. The number of ketones is 1. The lowest BCUT2D eigenvalue weighted by atomic mass is 10.1. The molecule has 2 aromatic carbocycles. The summed E-state index contributed by atoms with van der Waals surface area (Å²) in [5.74, 6) is -0.216. The van der Waals surface area contributed by atoms with Gasteiger partial charge in [-0.2, -0.15) is 0 Å². The molecule has 0 radical (unpaired) electrons. The Hall–Kier alpha value is -2.28. The molecule has 0 saturated carbocycles. The third-order valence-corrected chi connectivity index (χ3v) is 5.01. The highest BCUT2D eigenvalue weighted by atomic mass is 19.1. The van der Waals surface area contributed by atoms with Crippen molar-refractivity contribution in [1.29, 1.82) is 0 Å². The molecule has 1 heterocycles. The summed E-state index contributed by atoms with van der Waals surface area (Å²) in [7, 11) is 0. The summed E-state index contributed by atoms with van der Waals surface area (Å²) in [6.07, 6.45) is -0.604. The van der Waals surface area contributed by atoms with Gasteiger partial charge in [0, 0.05) is 49.5 Å². The number of nitrogens with zero attached hydrogens (tertiary/aromatic N) is 2. The molecule has 0 aliphatic carbocycles. The van der Waals surface area contributed by atoms with Crippen LogP contribution in [0, 0.1) is 5.82 Å². The Bertz CT molecular complexity index is 774. The molecule has 1 unspecified atom stereocenters. The average Bonchev–Trinajstić information content (AvgIpc) is 2.70. The smallest absolute Gasteiger partial charge is 0.159 e. The number of anilines is 1. The van der Waals surface area contributed by atoms with E-state index in [-0.39, 0.29) is 24.8 Å². The first-order chi connectivity index (χ1) is 13.5. The van der Waals surface area contributed by atoms with E-state index in [1.54, 1.807) is 25.1 Å². The number of β-amino-alcohol motifs (C(OH)–C–C–N with tert-alkyl or cyclic N) is 1. The van der Waals surface area contributed by atoms with Gasteiger partial charge < -0.3 is 14.7 Å². The molecule has 5 nitrogen and oxygen atoms in total. The Kier molecular flexibility index (Phi) is 7.14. The molecule has 1 N–H and O–H groups in total. The van der Waals surface area contributed by atoms with E-state index in [1.165, 1.54) is 6.07 Å². The fraction of sp³-hybridized carbons (Fsp3) is 0.409. The number of rotatable bonds is 8. The third kappa shape index (κ3) is 5.61. The summed E-state index contributed by atoms with van der Waals surface area (Å²) in [5.41, 5.74) is 2.33. The van der Waals surface area contributed by atoms with Crippen LogP contribution in [-0.4, -0.2) is 61.2 Å². The van der Waals surface area contributed by atoms with E-state index in [0.29, 0.717) is 12.1 Å². The number of aliphatic hydroxyl groups is 1. The van der Waals surface area contributed by atoms with Crippen molar-refractivity contribution in [2.45, 2.75) is 19.6 Å². The monoisotopic (exact) mass is 386 g/mol. The lowest BCUT2D eigenvalue weighted by molar-refractivity contribution is 0.00839. The molecule has 6 heteroatoms. The molecular weight excluding hydrogens is 359 g/mol. The van der Waals surface area contributed by atoms with E-state index in [0.717, 1.165) is 37.4 Å². The van der Waals surface area contributed by atoms with Crippen molar-refractivity contribution in [2.75, 3.05) is 44.2 Å². The van der Waals surface area contributed by atoms with Crippen molar-refractivity contribution in [3.63, 3.8) is 0 Å². The highest BCUT2D eigenvalue weighted by molar-refractivity contribution is 5.94. The maximum absolute atomic E-state index is 13.6. The molecule has 1 saturated heterocycles. The molecule has 0 bridgehead atoms. The van der Waals surface area contributed by atoms with Gasteiger partial charge in [0.25, 0.3) is 0 Å². The fourth-order valence-corrected chi connectivity index (χ4v) is 3.37. The Morgan fingerprint density at radius 3 is 2.43 bits per heavy atom. The number of carbonyl (C=O) groups is 1. The van der Waals surface area contributed by atoms with Crippen molar-refractivity contribution in [3.05, 3.63) is 65.5 Å². The minimum absolute atomic E-state index is 0.0718. The van der Waals surface area contributed by atoms with E-state index in [9.17, 15) is 14.3 Å². The molecule has 150 valence electrons. The van der Waals surface area contributed by atoms with Crippen LogP contribution in [-0.2, 0) is 11.3 Å². The molecule has 0 aromatic heterocycles.